The van der Waals surface area contributed by atoms with E-state index in [1.165, 1.54) is 19.6 Å². The van der Waals surface area contributed by atoms with Gasteiger partial charge in [-0.15, -0.1) is 5.10 Å². The van der Waals surface area contributed by atoms with Crippen molar-refractivity contribution < 1.29 is 8.42 Å². The summed E-state index contributed by atoms with van der Waals surface area (Å²) in [6, 6.07) is 11.0. The lowest BCUT2D eigenvalue weighted by Gasteiger charge is -2.19. The summed E-state index contributed by atoms with van der Waals surface area (Å²) in [4.78, 5) is 12.9. The van der Waals surface area contributed by atoms with Crippen molar-refractivity contribution in [1.29, 1.82) is 0 Å². The molecule has 28 heavy (non-hydrogen) atoms. The zero-order chi connectivity index (χ0) is 19.7. The largest absolute Gasteiger partial charge is 0.350 e. The van der Waals surface area contributed by atoms with E-state index in [4.69, 9.17) is 0 Å². The van der Waals surface area contributed by atoms with E-state index in [9.17, 15) is 13.2 Å². The predicted molar refractivity (Wildman–Crippen MR) is 107 cm³/mol. The Morgan fingerprint density at radius 1 is 1.00 bits per heavy atom. The van der Waals surface area contributed by atoms with Gasteiger partial charge in [0.1, 0.15) is 0 Å². The summed E-state index contributed by atoms with van der Waals surface area (Å²) in [6.07, 6.45) is 5.25. The summed E-state index contributed by atoms with van der Waals surface area (Å²) >= 11 is 0. The maximum atomic E-state index is 13.0. The molecule has 1 saturated heterocycles. The Kier molecular flexibility index (Phi) is 5.07. The first-order valence-electron chi connectivity index (χ1n) is 9.61. The van der Waals surface area contributed by atoms with E-state index in [0.717, 1.165) is 36.8 Å². The molecule has 3 heterocycles. The van der Waals surface area contributed by atoms with Gasteiger partial charge in [0.25, 0.3) is 0 Å². The lowest BCUT2D eigenvalue weighted by atomic mass is 10.1. The molecule has 1 aromatic carbocycles. The van der Waals surface area contributed by atoms with Crippen molar-refractivity contribution >= 4 is 15.7 Å². The van der Waals surface area contributed by atoms with Gasteiger partial charge in [-0.05, 0) is 43.0 Å². The lowest BCUT2D eigenvalue weighted by Crippen LogP contribution is -2.32. The second-order valence-electron chi connectivity index (χ2n) is 7.28. The lowest BCUT2D eigenvalue weighted by molar-refractivity contribution is 0.423. The molecule has 0 amide bonds. The van der Waals surface area contributed by atoms with E-state index in [1.807, 2.05) is 31.2 Å². The van der Waals surface area contributed by atoms with Crippen molar-refractivity contribution in [2.75, 3.05) is 13.1 Å². The number of pyridine rings is 1. The van der Waals surface area contributed by atoms with Gasteiger partial charge in [0.15, 0.2) is 5.65 Å². The molecule has 2 aromatic heterocycles. The van der Waals surface area contributed by atoms with Crippen molar-refractivity contribution in [1.82, 2.24) is 18.5 Å². The third-order valence-corrected chi connectivity index (χ3v) is 7.22. The fraction of sp³-hybridized carbons (Fsp3) is 0.400. The van der Waals surface area contributed by atoms with Gasteiger partial charge in [-0.25, -0.2) is 22.3 Å². The molecular formula is C20H24N4O3S. The van der Waals surface area contributed by atoms with Crippen molar-refractivity contribution in [2.45, 2.75) is 44.0 Å². The molecule has 0 bridgehead atoms. The summed E-state index contributed by atoms with van der Waals surface area (Å²) in [5.74, 6) is 0. The van der Waals surface area contributed by atoms with Crippen LogP contribution >= 0.6 is 0 Å². The molecular weight excluding hydrogens is 376 g/mol. The molecule has 8 heteroatoms. The fourth-order valence-corrected chi connectivity index (χ4v) is 5.15. The van der Waals surface area contributed by atoms with Crippen molar-refractivity contribution in [3.8, 4) is 0 Å². The molecule has 0 saturated carbocycles. The minimum absolute atomic E-state index is 0.138. The Hall–Kier alpha value is -2.45. The highest BCUT2D eigenvalue weighted by molar-refractivity contribution is 7.89. The second-order valence-corrected chi connectivity index (χ2v) is 9.22. The number of sulfonamides is 1. The fourth-order valence-electron chi connectivity index (χ4n) is 3.63. The molecule has 4 rings (SSSR count). The van der Waals surface area contributed by atoms with E-state index in [-0.39, 0.29) is 10.6 Å². The second kappa shape index (κ2) is 7.52. The van der Waals surface area contributed by atoms with Crippen LogP contribution in [0.3, 0.4) is 0 Å². The Labute approximate surface area is 164 Å². The van der Waals surface area contributed by atoms with Gasteiger partial charge in [0.05, 0.1) is 11.4 Å². The summed E-state index contributed by atoms with van der Waals surface area (Å²) < 4.78 is 30.3. The Balaban J connectivity index is 1.70. The van der Waals surface area contributed by atoms with E-state index < -0.39 is 10.0 Å². The van der Waals surface area contributed by atoms with Crippen LogP contribution in [0.15, 0.2) is 52.3 Å². The summed E-state index contributed by atoms with van der Waals surface area (Å²) in [6.45, 7) is 3.40. The first kappa shape index (κ1) is 18.9. The van der Waals surface area contributed by atoms with Gasteiger partial charge in [0, 0.05) is 19.3 Å². The van der Waals surface area contributed by atoms with Gasteiger partial charge < -0.3 is 0 Å². The van der Waals surface area contributed by atoms with Crippen LogP contribution in [-0.2, 0) is 16.6 Å². The smallest absolute Gasteiger partial charge is 0.249 e. The number of aryl methyl sites for hydroxylation is 1. The number of fused-ring (bicyclic) bond motifs is 1. The number of hydrogen-bond acceptors (Lipinski definition) is 4. The predicted octanol–water partition coefficient (Wildman–Crippen LogP) is 2.42. The molecule has 0 spiro atoms. The molecule has 0 N–H and O–H groups in total. The first-order chi connectivity index (χ1) is 13.5. The van der Waals surface area contributed by atoms with Gasteiger partial charge in [-0.2, -0.15) is 4.31 Å². The highest BCUT2D eigenvalue weighted by Crippen LogP contribution is 2.20. The van der Waals surface area contributed by atoms with Crippen LogP contribution in [0.5, 0.6) is 0 Å². The highest BCUT2D eigenvalue weighted by Gasteiger charge is 2.26. The SMILES string of the molecule is Cc1ccccc1Cn1nc2ccc(S(=O)(=O)N3CCCCCC3)cn2c1=O. The molecule has 0 atom stereocenters. The Morgan fingerprint density at radius 3 is 2.43 bits per heavy atom. The third kappa shape index (κ3) is 3.49. The number of aromatic nitrogens is 3. The quantitative estimate of drug-likeness (QED) is 0.674. The molecule has 148 valence electrons. The first-order valence-corrected chi connectivity index (χ1v) is 11.0. The topological polar surface area (TPSA) is 76.7 Å². The molecule has 1 aliphatic heterocycles. The number of hydrogen-bond donors (Lipinski definition) is 0. The van der Waals surface area contributed by atoms with Gasteiger partial charge in [-0.3, -0.25) is 0 Å². The summed E-state index contributed by atoms with van der Waals surface area (Å²) in [5, 5.41) is 4.36. The van der Waals surface area contributed by atoms with Crippen molar-refractivity contribution in [2.24, 2.45) is 0 Å². The van der Waals surface area contributed by atoms with Gasteiger partial charge in [0.2, 0.25) is 10.0 Å². The van der Waals surface area contributed by atoms with Crippen LogP contribution in [0.4, 0.5) is 0 Å². The highest BCUT2D eigenvalue weighted by atomic mass is 32.2. The number of rotatable bonds is 4. The van der Waals surface area contributed by atoms with Crippen LogP contribution in [-0.4, -0.2) is 40.0 Å². The van der Waals surface area contributed by atoms with E-state index in [2.05, 4.69) is 5.10 Å². The van der Waals surface area contributed by atoms with Gasteiger partial charge in [-0.1, -0.05) is 37.1 Å². The monoisotopic (exact) mass is 400 g/mol. The normalized spacial score (nSPS) is 16.3. The van der Waals surface area contributed by atoms with Crippen LogP contribution in [0.2, 0.25) is 0 Å². The Morgan fingerprint density at radius 2 is 1.71 bits per heavy atom. The minimum atomic E-state index is -3.61. The summed E-state index contributed by atoms with van der Waals surface area (Å²) in [5.41, 5.74) is 2.18. The molecule has 7 nitrogen and oxygen atoms in total. The molecule has 0 radical (unpaired) electrons. The number of benzene rings is 1. The van der Waals surface area contributed by atoms with E-state index >= 15 is 0 Å². The summed E-state index contributed by atoms with van der Waals surface area (Å²) in [7, 11) is -3.61. The van der Waals surface area contributed by atoms with Crippen LogP contribution < -0.4 is 5.69 Å². The van der Waals surface area contributed by atoms with Crippen molar-refractivity contribution in [3.63, 3.8) is 0 Å². The molecule has 0 unspecified atom stereocenters. The average molecular weight is 401 g/mol. The van der Waals surface area contributed by atoms with Crippen molar-refractivity contribution in [3.05, 3.63) is 64.2 Å². The standard InChI is InChI=1S/C20H24N4O3S/c1-16-8-4-5-9-17(16)14-24-20(25)23-15-18(10-11-19(23)21-24)28(26,27)22-12-6-2-3-7-13-22/h4-5,8-11,15H,2-3,6-7,12-14H2,1H3. The van der Waals surface area contributed by atoms with E-state index in [1.54, 1.807) is 12.1 Å². The molecule has 1 aliphatic rings. The maximum absolute atomic E-state index is 13.0. The average Bonchev–Trinajstić information content (AvgIpc) is 2.87. The van der Waals surface area contributed by atoms with Crippen LogP contribution in [0.1, 0.15) is 36.8 Å². The molecule has 0 aliphatic carbocycles. The minimum Gasteiger partial charge on any atom is -0.249 e. The van der Waals surface area contributed by atoms with Crippen LogP contribution in [0.25, 0.3) is 5.65 Å². The van der Waals surface area contributed by atoms with Crippen LogP contribution in [0, 0.1) is 6.92 Å². The zero-order valence-electron chi connectivity index (χ0n) is 15.9. The Bertz CT molecular complexity index is 1160. The molecule has 1 fully saturated rings. The molecule has 3 aromatic rings. The van der Waals surface area contributed by atoms with Gasteiger partial charge >= 0.3 is 5.69 Å². The zero-order valence-corrected chi connectivity index (χ0v) is 16.7. The number of nitrogens with zero attached hydrogens (tertiary/aromatic N) is 4. The maximum Gasteiger partial charge on any atom is 0.350 e. The third-order valence-electron chi connectivity index (χ3n) is 5.33. The van der Waals surface area contributed by atoms with E-state index in [0.29, 0.717) is 25.3 Å².